The molecule has 212 valence electrons. The standard InChI is InChI=1S/C29H47N5O4/c1-5-31-27(36)23(18-21-15-13-19(2)14-16-21)32-28(37)24-12-9-17-34(24)29(38)25(22-10-7-6-8-11-22)33-26(35)20(3)30-4/h13,15-16,19-20,22-25,30H,5-12,14,17-18H2,1-4H3,(H,31,36)(H,32,37)(H,33,35)/t19?,20-,23-,24-,25-/m0/s1. The third kappa shape index (κ3) is 7.91. The summed E-state index contributed by atoms with van der Waals surface area (Å²) in [5.41, 5.74) is 1.03. The molecule has 5 atom stereocenters. The topological polar surface area (TPSA) is 120 Å². The van der Waals surface area contributed by atoms with Crippen LogP contribution in [0.2, 0.25) is 0 Å². The molecule has 2 fully saturated rings. The first kappa shape index (κ1) is 29.9. The van der Waals surface area contributed by atoms with Crippen molar-refractivity contribution in [2.24, 2.45) is 11.8 Å². The Morgan fingerprint density at radius 1 is 1.03 bits per heavy atom. The third-order valence-electron chi connectivity index (χ3n) is 8.16. The van der Waals surface area contributed by atoms with Crippen LogP contribution in [0.4, 0.5) is 0 Å². The van der Waals surface area contributed by atoms with E-state index in [4.69, 9.17) is 0 Å². The predicted molar refractivity (Wildman–Crippen MR) is 148 cm³/mol. The zero-order valence-electron chi connectivity index (χ0n) is 23.6. The van der Waals surface area contributed by atoms with E-state index < -0.39 is 24.2 Å². The molecule has 1 unspecified atom stereocenters. The van der Waals surface area contributed by atoms with Crippen LogP contribution in [0.15, 0.2) is 23.8 Å². The molecule has 1 aliphatic heterocycles. The highest BCUT2D eigenvalue weighted by Gasteiger charge is 2.41. The van der Waals surface area contributed by atoms with Crippen LogP contribution in [0.1, 0.15) is 78.6 Å². The normalized spacial score (nSPS) is 24.2. The number of nitrogens with zero attached hydrogens (tertiary/aromatic N) is 1. The van der Waals surface area contributed by atoms with Crippen LogP contribution in [0, 0.1) is 11.8 Å². The lowest BCUT2D eigenvalue weighted by atomic mass is 9.83. The molecule has 9 nitrogen and oxygen atoms in total. The predicted octanol–water partition coefficient (Wildman–Crippen LogP) is 2.18. The molecule has 38 heavy (non-hydrogen) atoms. The first-order chi connectivity index (χ1) is 18.2. The highest BCUT2D eigenvalue weighted by molar-refractivity contribution is 5.95. The largest absolute Gasteiger partial charge is 0.355 e. The Kier molecular flexibility index (Phi) is 11.4. The van der Waals surface area contributed by atoms with Gasteiger partial charge >= 0.3 is 0 Å². The summed E-state index contributed by atoms with van der Waals surface area (Å²) in [6.07, 6.45) is 13.8. The smallest absolute Gasteiger partial charge is 0.246 e. The second kappa shape index (κ2) is 14.5. The summed E-state index contributed by atoms with van der Waals surface area (Å²) in [7, 11) is 1.72. The quantitative estimate of drug-likeness (QED) is 0.327. The summed E-state index contributed by atoms with van der Waals surface area (Å²) in [4.78, 5) is 54.7. The molecule has 1 heterocycles. The molecular weight excluding hydrogens is 482 g/mol. The van der Waals surface area contributed by atoms with Crippen molar-refractivity contribution >= 4 is 23.6 Å². The molecule has 2 aliphatic carbocycles. The van der Waals surface area contributed by atoms with Gasteiger partial charge in [0, 0.05) is 19.5 Å². The van der Waals surface area contributed by atoms with Gasteiger partial charge in [-0.1, -0.05) is 44.4 Å². The van der Waals surface area contributed by atoms with Crippen molar-refractivity contribution < 1.29 is 19.2 Å². The lowest BCUT2D eigenvalue weighted by molar-refractivity contribution is -0.143. The maximum Gasteiger partial charge on any atom is 0.246 e. The number of carbonyl (C=O) groups excluding carboxylic acids is 4. The van der Waals surface area contributed by atoms with Crippen molar-refractivity contribution in [3.05, 3.63) is 23.8 Å². The summed E-state index contributed by atoms with van der Waals surface area (Å²) in [6, 6.07) is -2.43. The Hall–Kier alpha value is -2.68. The molecular formula is C29H47N5O4. The molecule has 3 rings (SSSR count). The number of carbonyl (C=O) groups is 4. The van der Waals surface area contributed by atoms with Gasteiger partial charge in [0.15, 0.2) is 0 Å². The van der Waals surface area contributed by atoms with E-state index in [9.17, 15) is 19.2 Å². The molecule has 1 saturated heterocycles. The van der Waals surface area contributed by atoms with Gasteiger partial charge in [0.25, 0.3) is 0 Å². The summed E-state index contributed by atoms with van der Waals surface area (Å²) >= 11 is 0. The minimum atomic E-state index is -0.713. The third-order valence-corrected chi connectivity index (χ3v) is 8.16. The highest BCUT2D eigenvalue weighted by Crippen LogP contribution is 2.29. The van der Waals surface area contributed by atoms with E-state index in [0.717, 1.165) is 44.1 Å². The molecule has 1 saturated carbocycles. The Morgan fingerprint density at radius 3 is 2.39 bits per heavy atom. The van der Waals surface area contributed by atoms with E-state index in [0.29, 0.717) is 38.3 Å². The first-order valence-corrected chi connectivity index (χ1v) is 14.5. The maximum absolute atomic E-state index is 13.9. The lowest BCUT2D eigenvalue weighted by Gasteiger charge is -2.35. The Bertz CT molecular complexity index is 911. The number of allylic oxidation sites excluding steroid dienone is 3. The zero-order chi connectivity index (χ0) is 27.7. The Labute approximate surface area is 227 Å². The number of hydrogen-bond donors (Lipinski definition) is 4. The van der Waals surface area contributed by atoms with Crippen LogP contribution in [-0.4, -0.2) is 72.8 Å². The van der Waals surface area contributed by atoms with Crippen LogP contribution < -0.4 is 21.3 Å². The van der Waals surface area contributed by atoms with Gasteiger partial charge in [-0.15, -0.1) is 0 Å². The molecule has 0 aromatic heterocycles. The summed E-state index contributed by atoms with van der Waals surface area (Å²) in [5.74, 6) is -0.410. The van der Waals surface area contributed by atoms with E-state index in [1.54, 1.807) is 18.9 Å². The number of hydrogen-bond acceptors (Lipinski definition) is 5. The summed E-state index contributed by atoms with van der Waals surface area (Å²) < 4.78 is 0. The number of likely N-dealkylation sites (N-methyl/N-ethyl adjacent to an activating group) is 2. The SMILES string of the molecule is CCNC(=O)[C@H](CC1=CCC(C)C=C1)NC(=O)[C@@H]1CCCN1C(=O)[C@@H](NC(=O)[C@H](C)NC)C1CCCCC1. The van der Waals surface area contributed by atoms with E-state index in [1.165, 1.54) is 0 Å². The summed E-state index contributed by atoms with van der Waals surface area (Å²) in [6.45, 7) is 6.70. The van der Waals surface area contributed by atoms with Crippen LogP contribution in [0.25, 0.3) is 0 Å². The summed E-state index contributed by atoms with van der Waals surface area (Å²) in [5, 5.41) is 11.7. The van der Waals surface area contributed by atoms with E-state index in [1.807, 2.05) is 13.0 Å². The van der Waals surface area contributed by atoms with Crippen LogP contribution in [0.3, 0.4) is 0 Å². The van der Waals surface area contributed by atoms with Crippen molar-refractivity contribution in [3.63, 3.8) is 0 Å². The van der Waals surface area contributed by atoms with Gasteiger partial charge in [-0.05, 0) is 70.4 Å². The monoisotopic (exact) mass is 529 g/mol. The van der Waals surface area contributed by atoms with Gasteiger partial charge in [0.1, 0.15) is 18.1 Å². The van der Waals surface area contributed by atoms with Crippen molar-refractivity contribution in [1.29, 1.82) is 0 Å². The molecule has 4 amide bonds. The van der Waals surface area contributed by atoms with Crippen molar-refractivity contribution in [2.45, 2.75) is 103 Å². The Balaban J connectivity index is 1.74. The molecule has 0 spiro atoms. The van der Waals surface area contributed by atoms with Crippen LogP contribution in [0.5, 0.6) is 0 Å². The number of rotatable bonds is 11. The highest BCUT2D eigenvalue weighted by atomic mass is 16.2. The van der Waals surface area contributed by atoms with Gasteiger partial charge < -0.3 is 26.2 Å². The fourth-order valence-electron chi connectivity index (χ4n) is 5.67. The molecule has 3 aliphatic rings. The zero-order valence-corrected chi connectivity index (χ0v) is 23.6. The van der Waals surface area contributed by atoms with Gasteiger partial charge in [0.2, 0.25) is 23.6 Å². The fourth-order valence-corrected chi connectivity index (χ4v) is 5.67. The van der Waals surface area contributed by atoms with Crippen LogP contribution >= 0.6 is 0 Å². The molecule has 0 bridgehead atoms. The average Bonchev–Trinajstić information content (AvgIpc) is 3.42. The lowest BCUT2D eigenvalue weighted by Crippen LogP contribution is -2.59. The molecule has 0 aromatic rings. The molecule has 4 N–H and O–H groups in total. The van der Waals surface area contributed by atoms with Crippen molar-refractivity contribution in [2.75, 3.05) is 20.1 Å². The molecule has 0 radical (unpaired) electrons. The fraction of sp³-hybridized carbons (Fsp3) is 0.724. The molecule has 0 aromatic carbocycles. The number of likely N-dealkylation sites (tertiary alicyclic amines) is 1. The van der Waals surface area contributed by atoms with Crippen molar-refractivity contribution in [1.82, 2.24) is 26.2 Å². The van der Waals surface area contributed by atoms with E-state index in [-0.39, 0.29) is 29.5 Å². The maximum atomic E-state index is 13.9. The van der Waals surface area contributed by atoms with E-state index >= 15 is 0 Å². The van der Waals surface area contributed by atoms with Gasteiger partial charge in [-0.3, -0.25) is 19.2 Å². The van der Waals surface area contributed by atoms with Gasteiger partial charge in [0.05, 0.1) is 6.04 Å². The van der Waals surface area contributed by atoms with Crippen molar-refractivity contribution in [3.8, 4) is 0 Å². The average molecular weight is 530 g/mol. The Morgan fingerprint density at radius 2 is 1.76 bits per heavy atom. The second-order valence-electron chi connectivity index (χ2n) is 11.1. The number of nitrogens with one attached hydrogen (secondary N) is 4. The van der Waals surface area contributed by atoms with Gasteiger partial charge in [-0.2, -0.15) is 0 Å². The molecule has 9 heteroatoms. The van der Waals surface area contributed by atoms with E-state index in [2.05, 4.69) is 40.3 Å². The van der Waals surface area contributed by atoms with Gasteiger partial charge in [-0.25, -0.2) is 0 Å². The van der Waals surface area contributed by atoms with Crippen LogP contribution in [-0.2, 0) is 19.2 Å². The number of amides is 4. The minimum Gasteiger partial charge on any atom is -0.355 e. The first-order valence-electron chi connectivity index (χ1n) is 14.5. The second-order valence-corrected chi connectivity index (χ2v) is 11.1. The minimum absolute atomic E-state index is 0.0593.